The monoisotopic (exact) mass is 252 g/mol. The molecule has 18 heavy (non-hydrogen) atoms. The van der Waals surface area contributed by atoms with Crippen molar-refractivity contribution in [3.63, 3.8) is 0 Å². The van der Waals surface area contributed by atoms with Gasteiger partial charge in [0.25, 0.3) is 0 Å². The zero-order valence-corrected chi connectivity index (χ0v) is 9.98. The average molecular weight is 252 g/mol. The molecule has 1 atom stereocenters. The van der Waals surface area contributed by atoms with Crippen LogP contribution in [-0.2, 0) is 13.0 Å². The maximum Gasteiger partial charge on any atom is 0.159 e. The molecule has 96 valence electrons. The second-order valence-corrected chi connectivity index (χ2v) is 4.04. The van der Waals surface area contributed by atoms with Crippen LogP contribution in [0, 0.1) is 11.6 Å². The van der Waals surface area contributed by atoms with Crippen LogP contribution in [0.2, 0.25) is 0 Å². The number of benzene rings is 1. The molecule has 0 aliphatic heterocycles. The van der Waals surface area contributed by atoms with Crippen LogP contribution in [0.25, 0.3) is 0 Å². The molecule has 0 spiro atoms. The summed E-state index contributed by atoms with van der Waals surface area (Å²) >= 11 is 0. The van der Waals surface area contributed by atoms with Crippen molar-refractivity contribution in [3.05, 3.63) is 53.4 Å². The zero-order valence-electron chi connectivity index (χ0n) is 9.98. The maximum absolute atomic E-state index is 13.0. The van der Waals surface area contributed by atoms with Crippen molar-refractivity contribution in [2.24, 2.45) is 0 Å². The fourth-order valence-electron chi connectivity index (χ4n) is 1.88. The van der Waals surface area contributed by atoms with E-state index in [1.807, 2.05) is 6.92 Å². The van der Waals surface area contributed by atoms with Crippen LogP contribution >= 0.6 is 0 Å². The molecular formula is C13H14F2N2O. The summed E-state index contributed by atoms with van der Waals surface area (Å²) < 4.78 is 27.5. The third-order valence-corrected chi connectivity index (χ3v) is 2.80. The summed E-state index contributed by atoms with van der Waals surface area (Å²) in [4.78, 5) is 0. The van der Waals surface area contributed by atoms with Gasteiger partial charge in [0, 0.05) is 19.2 Å². The van der Waals surface area contributed by atoms with Gasteiger partial charge in [-0.25, -0.2) is 8.78 Å². The van der Waals surface area contributed by atoms with Crippen LogP contribution in [-0.4, -0.2) is 14.9 Å². The molecular weight excluding hydrogens is 238 g/mol. The van der Waals surface area contributed by atoms with Crippen molar-refractivity contribution in [2.75, 3.05) is 0 Å². The fraction of sp³-hybridized carbons (Fsp3) is 0.308. The minimum Gasteiger partial charge on any atom is -0.386 e. The highest BCUT2D eigenvalue weighted by molar-refractivity contribution is 5.20. The molecule has 0 amide bonds. The van der Waals surface area contributed by atoms with Crippen molar-refractivity contribution in [3.8, 4) is 0 Å². The van der Waals surface area contributed by atoms with E-state index in [-0.39, 0.29) is 6.42 Å². The number of aryl methyl sites for hydroxylation is 1. The summed E-state index contributed by atoms with van der Waals surface area (Å²) in [6.45, 7) is 2.57. The van der Waals surface area contributed by atoms with E-state index in [9.17, 15) is 13.9 Å². The Labute approximate surface area is 104 Å². The maximum atomic E-state index is 13.0. The van der Waals surface area contributed by atoms with E-state index in [1.54, 1.807) is 16.9 Å². The Bertz CT molecular complexity index is 540. The molecule has 0 radical (unpaired) electrons. The highest BCUT2D eigenvalue weighted by atomic mass is 19.2. The normalized spacial score (nSPS) is 12.7. The molecule has 3 nitrogen and oxygen atoms in total. The Morgan fingerprint density at radius 1 is 1.28 bits per heavy atom. The molecule has 0 aliphatic rings. The van der Waals surface area contributed by atoms with Crippen LogP contribution < -0.4 is 0 Å². The number of halogens is 2. The van der Waals surface area contributed by atoms with Crippen LogP contribution in [0.4, 0.5) is 8.78 Å². The first kappa shape index (κ1) is 12.7. The molecule has 0 bridgehead atoms. The van der Waals surface area contributed by atoms with Gasteiger partial charge in [0.15, 0.2) is 11.6 Å². The summed E-state index contributed by atoms with van der Waals surface area (Å²) in [6.07, 6.45) is 1.05. The van der Waals surface area contributed by atoms with E-state index in [4.69, 9.17) is 0 Å². The van der Waals surface area contributed by atoms with Crippen molar-refractivity contribution in [1.82, 2.24) is 9.78 Å². The van der Waals surface area contributed by atoms with Crippen LogP contribution in [0.3, 0.4) is 0 Å². The molecule has 1 aromatic carbocycles. The van der Waals surface area contributed by atoms with Crippen molar-refractivity contribution in [1.29, 1.82) is 0 Å². The Morgan fingerprint density at radius 3 is 2.72 bits per heavy atom. The number of aromatic nitrogens is 2. The highest BCUT2D eigenvalue weighted by Gasteiger charge is 2.14. The molecule has 2 aromatic rings. The summed E-state index contributed by atoms with van der Waals surface area (Å²) in [6, 6.07) is 5.35. The molecule has 1 unspecified atom stereocenters. The molecule has 0 saturated carbocycles. The van der Waals surface area contributed by atoms with Gasteiger partial charge in [0.2, 0.25) is 0 Å². The predicted molar refractivity (Wildman–Crippen MR) is 62.9 cm³/mol. The van der Waals surface area contributed by atoms with Crippen molar-refractivity contribution < 1.29 is 13.9 Å². The third-order valence-electron chi connectivity index (χ3n) is 2.80. The number of hydrogen-bond donors (Lipinski definition) is 1. The molecule has 2 rings (SSSR count). The standard InChI is InChI=1S/C13H14F2N2O/c1-2-17-12(5-6-16-17)13(18)8-9-3-4-10(14)11(15)7-9/h3-7,13,18H,2,8H2,1H3. The fourth-order valence-corrected chi connectivity index (χ4v) is 1.88. The quantitative estimate of drug-likeness (QED) is 0.907. The second kappa shape index (κ2) is 5.27. The molecule has 1 aromatic heterocycles. The average Bonchev–Trinajstić information content (AvgIpc) is 2.82. The molecule has 0 fully saturated rings. The number of nitrogens with zero attached hydrogens (tertiary/aromatic N) is 2. The molecule has 0 saturated heterocycles. The van der Waals surface area contributed by atoms with E-state index in [1.165, 1.54) is 6.07 Å². The highest BCUT2D eigenvalue weighted by Crippen LogP contribution is 2.19. The van der Waals surface area contributed by atoms with Gasteiger partial charge in [0.1, 0.15) is 0 Å². The lowest BCUT2D eigenvalue weighted by molar-refractivity contribution is 0.167. The smallest absolute Gasteiger partial charge is 0.159 e. The summed E-state index contributed by atoms with van der Waals surface area (Å²) in [5.41, 5.74) is 1.22. The lowest BCUT2D eigenvalue weighted by atomic mass is 10.1. The summed E-state index contributed by atoms with van der Waals surface area (Å²) in [5, 5.41) is 14.1. The number of rotatable bonds is 4. The van der Waals surface area contributed by atoms with Crippen LogP contribution in [0.5, 0.6) is 0 Å². The Kier molecular flexibility index (Phi) is 3.72. The van der Waals surface area contributed by atoms with E-state index in [0.29, 0.717) is 17.8 Å². The Balaban J connectivity index is 2.16. The van der Waals surface area contributed by atoms with E-state index in [2.05, 4.69) is 5.10 Å². The van der Waals surface area contributed by atoms with Gasteiger partial charge >= 0.3 is 0 Å². The van der Waals surface area contributed by atoms with E-state index < -0.39 is 17.7 Å². The van der Waals surface area contributed by atoms with Crippen LogP contribution in [0.15, 0.2) is 30.5 Å². The summed E-state index contributed by atoms with van der Waals surface area (Å²) in [5.74, 6) is -1.78. The van der Waals surface area contributed by atoms with Crippen LogP contribution in [0.1, 0.15) is 24.3 Å². The third kappa shape index (κ3) is 2.56. The minimum atomic E-state index is -0.899. The SMILES string of the molecule is CCn1nccc1C(O)Cc1ccc(F)c(F)c1. The molecule has 5 heteroatoms. The second-order valence-electron chi connectivity index (χ2n) is 4.04. The van der Waals surface area contributed by atoms with Gasteiger partial charge < -0.3 is 5.11 Å². The van der Waals surface area contributed by atoms with Crippen molar-refractivity contribution in [2.45, 2.75) is 26.0 Å². The lowest BCUT2D eigenvalue weighted by Gasteiger charge is -2.12. The van der Waals surface area contributed by atoms with Gasteiger partial charge in [-0.2, -0.15) is 5.10 Å². The largest absolute Gasteiger partial charge is 0.386 e. The van der Waals surface area contributed by atoms with Gasteiger partial charge in [-0.15, -0.1) is 0 Å². The predicted octanol–water partition coefficient (Wildman–Crippen LogP) is 2.46. The van der Waals surface area contributed by atoms with E-state index in [0.717, 1.165) is 12.1 Å². The first-order valence-corrected chi connectivity index (χ1v) is 5.75. The molecule has 1 N–H and O–H groups in total. The number of aliphatic hydroxyl groups excluding tert-OH is 1. The Morgan fingerprint density at radius 2 is 2.06 bits per heavy atom. The zero-order chi connectivity index (χ0) is 13.1. The molecule has 0 aliphatic carbocycles. The number of aliphatic hydroxyl groups is 1. The van der Waals surface area contributed by atoms with Gasteiger partial charge in [-0.05, 0) is 30.7 Å². The van der Waals surface area contributed by atoms with Gasteiger partial charge in [-0.3, -0.25) is 4.68 Å². The van der Waals surface area contributed by atoms with Gasteiger partial charge in [0.05, 0.1) is 11.8 Å². The summed E-state index contributed by atoms with van der Waals surface area (Å²) in [7, 11) is 0. The van der Waals surface area contributed by atoms with Crippen molar-refractivity contribution >= 4 is 0 Å². The van der Waals surface area contributed by atoms with Gasteiger partial charge in [-0.1, -0.05) is 6.07 Å². The molecule has 1 heterocycles. The first-order valence-electron chi connectivity index (χ1n) is 5.75. The van der Waals surface area contributed by atoms with E-state index >= 15 is 0 Å². The Hall–Kier alpha value is -1.75. The lowest BCUT2D eigenvalue weighted by Crippen LogP contribution is -2.10. The first-order chi connectivity index (χ1) is 8.61. The minimum absolute atomic E-state index is 0.225. The number of hydrogen-bond acceptors (Lipinski definition) is 2. The topological polar surface area (TPSA) is 38.0 Å².